The SMILES string of the molecule is Cc1ccc(S(=O)(=O)OCCCOC2CCCc3cc(F)ccc3N2C(=O)c2ccc([N+](=O)[O-])cc2C)cc1. The Balaban J connectivity index is 1.50. The zero-order chi connectivity index (χ0) is 28.2. The summed E-state index contributed by atoms with van der Waals surface area (Å²) >= 11 is 0. The number of nitrogens with zero attached hydrogens (tertiary/aromatic N) is 2. The van der Waals surface area contributed by atoms with E-state index >= 15 is 0 Å². The first-order valence-corrected chi connectivity index (χ1v) is 13.9. The number of nitro benzene ring substituents is 1. The average molecular weight is 557 g/mol. The number of halogens is 1. The van der Waals surface area contributed by atoms with Crippen LogP contribution in [0.4, 0.5) is 15.8 Å². The Morgan fingerprint density at radius 2 is 1.82 bits per heavy atom. The Morgan fingerprint density at radius 1 is 1.08 bits per heavy atom. The summed E-state index contributed by atoms with van der Waals surface area (Å²) in [7, 11) is -3.91. The lowest BCUT2D eigenvalue weighted by atomic mass is 10.0. The standard InChI is InChI=1S/C28H29FN2O7S/c1-19-7-11-24(12-8-19)39(35,36)38-16-4-15-37-27-6-3-5-21-18-22(29)9-14-26(21)30(27)28(32)25-13-10-23(31(33)34)17-20(25)2/h7-14,17-18,27H,3-6,15-16H2,1-2H3. The van der Waals surface area contributed by atoms with Crippen LogP contribution in [-0.2, 0) is 25.5 Å². The summed E-state index contributed by atoms with van der Waals surface area (Å²) in [6.07, 6.45) is 1.15. The molecular weight excluding hydrogens is 527 g/mol. The second kappa shape index (κ2) is 12.0. The number of carbonyl (C=O) groups is 1. The predicted molar refractivity (Wildman–Crippen MR) is 143 cm³/mol. The fraction of sp³-hybridized carbons (Fsp3) is 0.321. The number of benzene rings is 3. The molecule has 11 heteroatoms. The van der Waals surface area contributed by atoms with Gasteiger partial charge in [-0.25, -0.2) is 4.39 Å². The van der Waals surface area contributed by atoms with Gasteiger partial charge in [0, 0.05) is 17.7 Å². The zero-order valence-corrected chi connectivity index (χ0v) is 22.4. The number of rotatable bonds is 9. The lowest BCUT2D eigenvalue weighted by molar-refractivity contribution is -0.384. The van der Waals surface area contributed by atoms with Crippen molar-refractivity contribution < 1.29 is 31.4 Å². The van der Waals surface area contributed by atoms with Crippen LogP contribution in [0.3, 0.4) is 0 Å². The van der Waals surface area contributed by atoms with Gasteiger partial charge in [0.2, 0.25) is 0 Å². The van der Waals surface area contributed by atoms with E-state index in [4.69, 9.17) is 8.92 Å². The Morgan fingerprint density at radius 3 is 2.51 bits per heavy atom. The maximum absolute atomic E-state index is 14.0. The third-order valence-corrected chi connectivity index (χ3v) is 7.83. The van der Waals surface area contributed by atoms with Gasteiger partial charge >= 0.3 is 0 Å². The molecule has 1 amide bonds. The van der Waals surface area contributed by atoms with Crippen LogP contribution in [0.25, 0.3) is 0 Å². The van der Waals surface area contributed by atoms with Gasteiger partial charge in [0.1, 0.15) is 12.0 Å². The van der Waals surface area contributed by atoms with E-state index in [9.17, 15) is 27.7 Å². The molecule has 206 valence electrons. The third-order valence-electron chi connectivity index (χ3n) is 6.50. The first-order valence-electron chi connectivity index (χ1n) is 12.5. The Bertz CT molecular complexity index is 1480. The number of nitro groups is 1. The molecule has 1 unspecified atom stereocenters. The molecule has 0 bridgehead atoms. The van der Waals surface area contributed by atoms with Crippen LogP contribution < -0.4 is 4.90 Å². The summed E-state index contributed by atoms with van der Waals surface area (Å²) in [6.45, 7) is 3.47. The molecule has 0 radical (unpaired) electrons. The number of fused-ring (bicyclic) bond motifs is 1. The van der Waals surface area contributed by atoms with Crippen LogP contribution in [0.15, 0.2) is 65.6 Å². The van der Waals surface area contributed by atoms with Crippen LogP contribution in [0, 0.1) is 29.8 Å². The highest BCUT2D eigenvalue weighted by Crippen LogP contribution is 2.33. The largest absolute Gasteiger partial charge is 0.358 e. The van der Waals surface area contributed by atoms with Crippen molar-refractivity contribution in [3.05, 3.63) is 98.8 Å². The normalized spacial score (nSPS) is 15.5. The van der Waals surface area contributed by atoms with Crippen molar-refractivity contribution in [1.29, 1.82) is 0 Å². The summed E-state index contributed by atoms with van der Waals surface area (Å²) in [5.74, 6) is -0.848. The van der Waals surface area contributed by atoms with Crippen molar-refractivity contribution in [2.24, 2.45) is 0 Å². The maximum atomic E-state index is 14.0. The number of ether oxygens (including phenoxy) is 1. The van der Waals surface area contributed by atoms with Crippen LogP contribution in [-0.4, -0.2) is 38.7 Å². The van der Waals surface area contributed by atoms with Crippen LogP contribution in [0.1, 0.15) is 46.3 Å². The lowest BCUT2D eigenvalue weighted by Gasteiger charge is -2.31. The predicted octanol–water partition coefficient (Wildman–Crippen LogP) is 5.47. The van der Waals surface area contributed by atoms with Gasteiger partial charge in [-0.15, -0.1) is 0 Å². The number of hydrogen-bond acceptors (Lipinski definition) is 7. The van der Waals surface area contributed by atoms with Gasteiger partial charge in [-0.3, -0.25) is 24.0 Å². The summed E-state index contributed by atoms with van der Waals surface area (Å²) < 4.78 is 50.1. The third kappa shape index (κ3) is 6.67. The second-order valence-corrected chi connectivity index (χ2v) is 11.0. The zero-order valence-electron chi connectivity index (χ0n) is 21.6. The summed E-state index contributed by atoms with van der Waals surface area (Å²) in [4.78, 5) is 26.0. The molecule has 0 aliphatic carbocycles. The van der Waals surface area contributed by atoms with Gasteiger partial charge in [0.25, 0.3) is 21.7 Å². The van der Waals surface area contributed by atoms with E-state index in [1.54, 1.807) is 19.1 Å². The number of aryl methyl sites for hydroxylation is 3. The molecule has 0 saturated carbocycles. The lowest BCUT2D eigenvalue weighted by Crippen LogP contribution is -2.42. The quantitative estimate of drug-likeness (QED) is 0.148. The van der Waals surface area contributed by atoms with Crippen molar-refractivity contribution in [3.63, 3.8) is 0 Å². The van der Waals surface area contributed by atoms with E-state index in [2.05, 4.69) is 0 Å². The first-order chi connectivity index (χ1) is 18.6. The first kappa shape index (κ1) is 28.3. The summed E-state index contributed by atoms with van der Waals surface area (Å²) in [5.41, 5.74) is 2.64. The summed E-state index contributed by atoms with van der Waals surface area (Å²) in [5, 5.41) is 11.2. The number of non-ortho nitro benzene ring substituents is 1. The molecule has 39 heavy (non-hydrogen) atoms. The molecule has 0 saturated heterocycles. The monoisotopic (exact) mass is 556 g/mol. The van der Waals surface area contributed by atoms with Crippen LogP contribution in [0.2, 0.25) is 0 Å². The Kier molecular flexibility index (Phi) is 8.73. The topological polar surface area (TPSA) is 116 Å². The van der Waals surface area contributed by atoms with Gasteiger partial charge in [-0.2, -0.15) is 8.42 Å². The second-order valence-electron chi connectivity index (χ2n) is 9.36. The van der Waals surface area contributed by atoms with E-state index in [-0.39, 0.29) is 35.8 Å². The van der Waals surface area contributed by atoms with E-state index in [0.717, 1.165) is 5.56 Å². The van der Waals surface area contributed by atoms with E-state index < -0.39 is 33.0 Å². The number of anilines is 1. The van der Waals surface area contributed by atoms with E-state index in [1.807, 2.05) is 6.92 Å². The molecule has 1 atom stereocenters. The van der Waals surface area contributed by atoms with E-state index in [1.165, 1.54) is 53.4 Å². The number of hydrogen-bond donors (Lipinski definition) is 0. The maximum Gasteiger partial charge on any atom is 0.296 e. The minimum atomic E-state index is -3.91. The van der Waals surface area contributed by atoms with Gasteiger partial charge in [0.05, 0.1) is 28.7 Å². The molecule has 0 fully saturated rings. The highest BCUT2D eigenvalue weighted by Gasteiger charge is 2.32. The fourth-order valence-electron chi connectivity index (χ4n) is 4.49. The van der Waals surface area contributed by atoms with Gasteiger partial charge in [0.15, 0.2) is 0 Å². The minimum absolute atomic E-state index is 0.0665. The molecule has 3 aromatic carbocycles. The molecular formula is C28H29FN2O7S. The van der Waals surface area contributed by atoms with Crippen molar-refractivity contribution in [2.75, 3.05) is 18.1 Å². The number of amides is 1. The molecule has 1 aliphatic rings. The summed E-state index contributed by atoms with van der Waals surface area (Å²) in [6, 6.07) is 14.5. The highest BCUT2D eigenvalue weighted by atomic mass is 32.2. The molecule has 4 rings (SSSR count). The molecule has 0 spiro atoms. The Labute approximate surface area is 226 Å². The number of carbonyl (C=O) groups excluding carboxylic acids is 1. The van der Waals surface area contributed by atoms with Crippen molar-refractivity contribution in [3.8, 4) is 0 Å². The minimum Gasteiger partial charge on any atom is -0.358 e. The van der Waals surface area contributed by atoms with Crippen molar-refractivity contribution in [2.45, 2.75) is 50.7 Å². The van der Waals surface area contributed by atoms with Crippen LogP contribution in [0.5, 0.6) is 0 Å². The highest BCUT2D eigenvalue weighted by molar-refractivity contribution is 7.86. The molecule has 1 aliphatic heterocycles. The van der Waals surface area contributed by atoms with Gasteiger partial charge < -0.3 is 4.74 Å². The van der Waals surface area contributed by atoms with E-state index in [0.29, 0.717) is 36.1 Å². The van der Waals surface area contributed by atoms with Gasteiger partial charge in [-0.1, -0.05) is 17.7 Å². The van der Waals surface area contributed by atoms with Crippen LogP contribution >= 0.6 is 0 Å². The smallest absolute Gasteiger partial charge is 0.296 e. The molecule has 0 aromatic heterocycles. The van der Waals surface area contributed by atoms with Crippen molar-refractivity contribution >= 4 is 27.4 Å². The molecule has 0 N–H and O–H groups in total. The van der Waals surface area contributed by atoms with Crippen molar-refractivity contribution in [1.82, 2.24) is 0 Å². The van der Waals surface area contributed by atoms with Gasteiger partial charge in [-0.05, 0) is 87.1 Å². The molecule has 3 aromatic rings. The molecule has 1 heterocycles. The molecule has 9 nitrogen and oxygen atoms in total. The average Bonchev–Trinajstić information content (AvgIpc) is 3.07. The Hall–Kier alpha value is -3.67. The fourth-order valence-corrected chi connectivity index (χ4v) is 5.43.